The molecule has 3 aromatic rings. The Kier molecular flexibility index (Phi) is 7.61. The maximum Gasteiger partial charge on any atom is 0.262 e. The highest BCUT2D eigenvalue weighted by molar-refractivity contribution is 7.92. The molecule has 3 aromatic carbocycles. The van der Waals surface area contributed by atoms with Crippen LogP contribution >= 0.6 is 11.6 Å². The summed E-state index contributed by atoms with van der Waals surface area (Å²) in [6.45, 7) is 0. The van der Waals surface area contributed by atoms with Gasteiger partial charge >= 0.3 is 0 Å². The lowest BCUT2D eigenvalue weighted by Gasteiger charge is -2.11. The van der Waals surface area contributed by atoms with Gasteiger partial charge in [-0.3, -0.25) is 9.52 Å². The van der Waals surface area contributed by atoms with E-state index in [9.17, 15) is 13.2 Å². The summed E-state index contributed by atoms with van der Waals surface area (Å²) >= 11 is 6.04. The van der Waals surface area contributed by atoms with Gasteiger partial charge in [0.2, 0.25) is 5.91 Å². The fourth-order valence-electron chi connectivity index (χ4n) is 2.98. The molecule has 168 valence electrons. The molecule has 0 radical (unpaired) electrons. The zero-order valence-corrected chi connectivity index (χ0v) is 19.2. The highest BCUT2D eigenvalue weighted by Crippen LogP contribution is 2.26. The minimum Gasteiger partial charge on any atom is -0.497 e. The number of nitrogens with one attached hydrogen (secondary N) is 2. The average Bonchev–Trinajstić information content (AvgIpc) is 2.79. The number of amides is 1. The number of anilines is 2. The topological polar surface area (TPSA) is 93.7 Å². The standard InChI is InChI=1S/C23H23ClN2O5S/c1-30-18-12-16(13-19(15-18)31-2)10-11-23(27)25-17-6-5-7-20(14-17)32(28,29)26-22-9-4-3-8-21(22)24/h3-9,12-15,26H,10-11H2,1-2H3,(H,25,27). The van der Waals surface area contributed by atoms with Crippen molar-refractivity contribution in [3.63, 3.8) is 0 Å². The zero-order chi connectivity index (χ0) is 23.1. The molecular weight excluding hydrogens is 452 g/mol. The summed E-state index contributed by atoms with van der Waals surface area (Å²) in [5.41, 5.74) is 1.54. The van der Waals surface area contributed by atoms with Gasteiger partial charge in [0.1, 0.15) is 11.5 Å². The van der Waals surface area contributed by atoms with E-state index in [2.05, 4.69) is 10.0 Å². The number of rotatable bonds is 9. The minimum atomic E-state index is -3.88. The lowest BCUT2D eigenvalue weighted by molar-refractivity contribution is -0.116. The first-order valence-corrected chi connectivity index (χ1v) is 11.6. The number of methoxy groups -OCH3 is 2. The van der Waals surface area contributed by atoms with Gasteiger partial charge in [-0.2, -0.15) is 0 Å². The van der Waals surface area contributed by atoms with E-state index in [0.717, 1.165) is 5.56 Å². The highest BCUT2D eigenvalue weighted by atomic mass is 35.5. The van der Waals surface area contributed by atoms with Crippen molar-refractivity contribution in [1.82, 2.24) is 0 Å². The van der Waals surface area contributed by atoms with E-state index < -0.39 is 10.0 Å². The van der Waals surface area contributed by atoms with Crippen LogP contribution in [0, 0.1) is 0 Å². The van der Waals surface area contributed by atoms with E-state index in [1.54, 1.807) is 56.7 Å². The van der Waals surface area contributed by atoms with E-state index in [1.165, 1.54) is 12.1 Å². The van der Waals surface area contributed by atoms with Crippen LogP contribution in [-0.4, -0.2) is 28.5 Å². The summed E-state index contributed by atoms with van der Waals surface area (Å²) in [4.78, 5) is 12.4. The number of benzene rings is 3. The second kappa shape index (κ2) is 10.4. The Balaban J connectivity index is 1.67. The van der Waals surface area contributed by atoms with Crippen molar-refractivity contribution in [3.8, 4) is 11.5 Å². The molecule has 0 spiro atoms. The largest absolute Gasteiger partial charge is 0.497 e. The molecule has 0 saturated heterocycles. The van der Waals surface area contributed by atoms with Crippen molar-refractivity contribution in [2.45, 2.75) is 17.7 Å². The number of aryl methyl sites for hydroxylation is 1. The Morgan fingerprint density at radius 3 is 2.28 bits per heavy atom. The van der Waals surface area contributed by atoms with Crippen molar-refractivity contribution in [2.24, 2.45) is 0 Å². The number of carbonyl (C=O) groups excluding carboxylic acids is 1. The maximum atomic E-state index is 12.7. The molecule has 3 rings (SSSR count). The van der Waals surface area contributed by atoms with Crippen molar-refractivity contribution < 1.29 is 22.7 Å². The SMILES string of the molecule is COc1cc(CCC(=O)Nc2cccc(S(=O)(=O)Nc3ccccc3Cl)c2)cc(OC)c1. The van der Waals surface area contributed by atoms with Gasteiger partial charge in [0.05, 0.1) is 29.8 Å². The van der Waals surface area contributed by atoms with Crippen LogP contribution in [0.25, 0.3) is 0 Å². The first kappa shape index (κ1) is 23.4. The van der Waals surface area contributed by atoms with Gasteiger partial charge in [0, 0.05) is 18.2 Å². The van der Waals surface area contributed by atoms with E-state index in [-0.39, 0.29) is 27.9 Å². The first-order chi connectivity index (χ1) is 15.3. The van der Waals surface area contributed by atoms with Gasteiger partial charge in [0.15, 0.2) is 0 Å². The number of para-hydroxylation sites is 1. The summed E-state index contributed by atoms with van der Waals surface area (Å²) in [6.07, 6.45) is 0.663. The van der Waals surface area contributed by atoms with Gasteiger partial charge < -0.3 is 14.8 Å². The summed E-state index contributed by atoms with van der Waals surface area (Å²) in [5.74, 6) is 1.03. The minimum absolute atomic E-state index is 0.00718. The van der Waals surface area contributed by atoms with E-state index in [4.69, 9.17) is 21.1 Å². The molecule has 1 amide bonds. The number of hydrogen-bond donors (Lipinski definition) is 2. The lowest BCUT2D eigenvalue weighted by Crippen LogP contribution is -2.15. The van der Waals surface area contributed by atoms with Crippen LogP contribution in [0.4, 0.5) is 11.4 Å². The maximum absolute atomic E-state index is 12.7. The Morgan fingerprint density at radius 2 is 1.62 bits per heavy atom. The van der Waals surface area contributed by atoms with E-state index >= 15 is 0 Å². The van der Waals surface area contributed by atoms with E-state index in [0.29, 0.717) is 23.6 Å². The lowest BCUT2D eigenvalue weighted by atomic mass is 10.1. The molecule has 0 aliphatic heterocycles. The molecule has 0 bridgehead atoms. The summed E-state index contributed by atoms with van der Waals surface area (Å²) in [7, 11) is -0.754. The van der Waals surface area contributed by atoms with Crippen LogP contribution < -0.4 is 19.5 Å². The van der Waals surface area contributed by atoms with Gasteiger partial charge in [-0.05, 0) is 54.4 Å². The molecule has 7 nitrogen and oxygen atoms in total. The Hall–Kier alpha value is -3.23. The van der Waals surface area contributed by atoms with Gasteiger partial charge in [-0.15, -0.1) is 0 Å². The number of hydrogen-bond acceptors (Lipinski definition) is 5. The molecule has 32 heavy (non-hydrogen) atoms. The van der Waals surface area contributed by atoms with Crippen LogP contribution in [0.3, 0.4) is 0 Å². The molecule has 0 fully saturated rings. The van der Waals surface area contributed by atoms with Crippen molar-refractivity contribution in [1.29, 1.82) is 0 Å². The Morgan fingerprint density at radius 1 is 0.938 bits per heavy atom. The molecule has 0 aliphatic rings. The fourth-order valence-corrected chi connectivity index (χ4v) is 4.34. The van der Waals surface area contributed by atoms with Crippen LogP contribution in [0.5, 0.6) is 11.5 Å². The van der Waals surface area contributed by atoms with Gasteiger partial charge in [-0.1, -0.05) is 29.8 Å². The number of halogens is 1. The summed E-state index contributed by atoms with van der Waals surface area (Å²) in [5, 5.41) is 3.02. The summed E-state index contributed by atoms with van der Waals surface area (Å²) in [6, 6.07) is 18.0. The number of ether oxygens (including phenoxy) is 2. The smallest absolute Gasteiger partial charge is 0.262 e. The number of sulfonamides is 1. The Bertz CT molecular complexity index is 1190. The fraction of sp³-hybridized carbons (Fsp3) is 0.174. The average molecular weight is 475 g/mol. The van der Waals surface area contributed by atoms with Crippen LogP contribution in [0.1, 0.15) is 12.0 Å². The molecule has 0 unspecified atom stereocenters. The molecule has 9 heteroatoms. The molecule has 0 saturated carbocycles. The normalized spacial score (nSPS) is 11.0. The molecule has 0 aliphatic carbocycles. The van der Waals surface area contributed by atoms with Crippen molar-refractivity contribution >= 4 is 38.9 Å². The van der Waals surface area contributed by atoms with Gasteiger partial charge in [0.25, 0.3) is 10.0 Å². The van der Waals surface area contributed by atoms with Crippen LogP contribution in [0.15, 0.2) is 71.6 Å². The third-order valence-corrected chi connectivity index (χ3v) is 6.29. The van der Waals surface area contributed by atoms with E-state index in [1.807, 2.05) is 12.1 Å². The first-order valence-electron chi connectivity index (χ1n) is 9.70. The van der Waals surface area contributed by atoms with Crippen LogP contribution in [0.2, 0.25) is 5.02 Å². The third kappa shape index (κ3) is 6.15. The predicted molar refractivity (Wildman–Crippen MR) is 125 cm³/mol. The summed E-state index contributed by atoms with van der Waals surface area (Å²) < 4.78 is 38.4. The van der Waals surface area contributed by atoms with Crippen molar-refractivity contribution in [2.75, 3.05) is 24.3 Å². The zero-order valence-electron chi connectivity index (χ0n) is 17.6. The number of carbonyl (C=O) groups is 1. The second-order valence-electron chi connectivity index (χ2n) is 6.88. The van der Waals surface area contributed by atoms with Crippen LogP contribution in [-0.2, 0) is 21.2 Å². The molecule has 0 atom stereocenters. The second-order valence-corrected chi connectivity index (χ2v) is 8.97. The quantitative estimate of drug-likeness (QED) is 0.467. The third-order valence-electron chi connectivity index (χ3n) is 4.60. The molecular formula is C23H23ClN2O5S. The molecule has 2 N–H and O–H groups in total. The molecule has 0 aromatic heterocycles. The predicted octanol–water partition coefficient (Wildman–Crippen LogP) is 4.73. The monoisotopic (exact) mass is 474 g/mol. The Labute approximate surface area is 192 Å². The van der Waals surface area contributed by atoms with Crippen molar-refractivity contribution in [3.05, 3.63) is 77.3 Å². The van der Waals surface area contributed by atoms with Gasteiger partial charge in [-0.25, -0.2) is 8.42 Å². The highest BCUT2D eigenvalue weighted by Gasteiger charge is 2.16. The molecule has 0 heterocycles.